The van der Waals surface area contributed by atoms with Crippen LogP contribution in [0.2, 0.25) is 0 Å². The molecule has 0 radical (unpaired) electrons. The van der Waals surface area contributed by atoms with E-state index in [1.807, 2.05) is 27.7 Å². The fraction of sp³-hybridized carbons (Fsp3) is 0.600. The minimum absolute atomic E-state index is 0.273. The average Bonchev–Trinajstić information content (AvgIpc) is 2.91. The number of fused-ring (bicyclic) bond motifs is 3. The molecule has 142 valence electrons. The second-order valence-corrected chi connectivity index (χ2v) is 9.50. The van der Waals surface area contributed by atoms with Gasteiger partial charge in [-0.05, 0) is 59.6 Å². The molecule has 5 nitrogen and oxygen atoms in total. The number of amides is 1. The molecule has 1 unspecified atom stereocenters. The van der Waals surface area contributed by atoms with Crippen molar-refractivity contribution in [3.05, 3.63) is 22.8 Å². The summed E-state index contributed by atoms with van der Waals surface area (Å²) in [5.41, 5.74) is 3.20. The molecule has 2 N–H and O–H groups in total. The van der Waals surface area contributed by atoms with Gasteiger partial charge < -0.3 is 20.1 Å². The van der Waals surface area contributed by atoms with Crippen LogP contribution in [0.4, 0.5) is 10.5 Å². The molecule has 6 heteroatoms. The zero-order valence-electron chi connectivity index (χ0n) is 16.6. The molecule has 2 heterocycles. The lowest BCUT2D eigenvalue weighted by molar-refractivity contribution is 0.0447. The number of ether oxygens (including phenoxy) is 2. The quantitative estimate of drug-likeness (QED) is 0.756. The summed E-state index contributed by atoms with van der Waals surface area (Å²) in [5.74, 6) is 0.899. The molecule has 26 heavy (non-hydrogen) atoms. The summed E-state index contributed by atoms with van der Waals surface area (Å²) in [6.45, 7) is 14.3. The summed E-state index contributed by atoms with van der Waals surface area (Å²) in [4.78, 5) is 12.8. The smallest absolute Gasteiger partial charge is 0.407 e. The van der Waals surface area contributed by atoms with Gasteiger partial charge in [0.25, 0.3) is 0 Å². The lowest BCUT2D eigenvalue weighted by Crippen LogP contribution is -2.45. The Bertz CT molecular complexity index is 795. The Balaban J connectivity index is 1.83. The zero-order valence-corrected chi connectivity index (χ0v) is 17.4. The van der Waals surface area contributed by atoms with E-state index in [1.54, 1.807) is 0 Å². The highest BCUT2D eigenvalue weighted by Crippen LogP contribution is 2.51. The highest BCUT2D eigenvalue weighted by Gasteiger charge is 2.45. The predicted molar refractivity (Wildman–Crippen MR) is 107 cm³/mol. The van der Waals surface area contributed by atoms with Crippen LogP contribution in [0.3, 0.4) is 0 Å². The molecule has 2 aliphatic rings. The lowest BCUT2D eigenvalue weighted by atomic mass is 9.83. The fourth-order valence-corrected chi connectivity index (χ4v) is 3.82. The van der Waals surface area contributed by atoms with Gasteiger partial charge in [-0.2, -0.15) is 0 Å². The van der Waals surface area contributed by atoms with Gasteiger partial charge in [-0.25, -0.2) is 4.79 Å². The number of anilines is 1. The molecule has 2 aliphatic heterocycles. The second kappa shape index (κ2) is 5.84. The number of nitrogens with one attached hydrogen (secondary N) is 2. The van der Waals surface area contributed by atoms with Gasteiger partial charge >= 0.3 is 6.09 Å². The first-order valence-electron chi connectivity index (χ1n) is 8.97. The van der Waals surface area contributed by atoms with E-state index in [1.165, 1.54) is 5.56 Å². The van der Waals surface area contributed by atoms with Crippen LogP contribution < -0.4 is 15.4 Å². The monoisotopic (exact) mass is 376 g/mol. The Morgan fingerprint density at radius 3 is 2.65 bits per heavy atom. The van der Waals surface area contributed by atoms with E-state index in [0.29, 0.717) is 6.54 Å². The summed E-state index contributed by atoms with van der Waals surface area (Å²) < 4.78 is 11.7. The number of thiocarbonyl (C=S) groups is 1. The first kappa shape index (κ1) is 19.0. The van der Waals surface area contributed by atoms with E-state index in [9.17, 15) is 4.79 Å². The SMILES string of the molecule is Cc1cc2c(c3c1NC(=S)C3(C)C)OC(C)(CNC(=O)OC(C)(C)C)C2. The van der Waals surface area contributed by atoms with Crippen molar-refractivity contribution in [3.8, 4) is 5.75 Å². The van der Waals surface area contributed by atoms with Gasteiger partial charge in [0.05, 0.1) is 11.5 Å². The number of alkyl carbamates (subject to hydrolysis) is 1. The Morgan fingerprint density at radius 2 is 2.04 bits per heavy atom. The first-order chi connectivity index (χ1) is 11.8. The van der Waals surface area contributed by atoms with Crippen molar-refractivity contribution in [2.75, 3.05) is 11.9 Å². The third kappa shape index (κ3) is 3.27. The van der Waals surface area contributed by atoms with Crippen molar-refractivity contribution < 1.29 is 14.3 Å². The van der Waals surface area contributed by atoms with Crippen molar-refractivity contribution >= 4 is 29.0 Å². The summed E-state index contributed by atoms with van der Waals surface area (Å²) in [6, 6.07) is 2.16. The van der Waals surface area contributed by atoms with Crippen molar-refractivity contribution in [1.82, 2.24) is 5.32 Å². The number of hydrogen-bond donors (Lipinski definition) is 2. The van der Waals surface area contributed by atoms with E-state index >= 15 is 0 Å². The van der Waals surface area contributed by atoms with Crippen molar-refractivity contribution in [3.63, 3.8) is 0 Å². The van der Waals surface area contributed by atoms with Gasteiger partial charge in [-0.15, -0.1) is 0 Å². The summed E-state index contributed by atoms with van der Waals surface area (Å²) >= 11 is 5.54. The number of carbonyl (C=O) groups excluding carboxylic acids is 1. The van der Waals surface area contributed by atoms with Gasteiger partial charge in [-0.3, -0.25) is 0 Å². The minimum atomic E-state index is -0.520. The molecule has 1 aromatic rings. The second-order valence-electron chi connectivity index (χ2n) is 9.10. The third-order valence-corrected chi connectivity index (χ3v) is 5.52. The number of aryl methyl sites for hydroxylation is 1. The average molecular weight is 377 g/mol. The number of benzene rings is 1. The fourth-order valence-electron chi connectivity index (χ4n) is 3.62. The molecular formula is C20H28N2O3S. The highest BCUT2D eigenvalue weighted by molar-refractivity contribution is 7.80. The molecule has 1 amide bonds. The van der Waals surface area contributed by atoms with E-state index in [4.69, 9.17) is 21.7 Å². The summed E-state index contributed by atoms with van der Waals surface area (Å²) in [7, 11) is 0. The number of rotatable bonds is 2. The maximum absolute atomic E-state index is 12.0. The molecule has 0 bridgehead atoms. The van der Waals surface area contributed by atoms with E-state index < -0.39 is 17.3 Å². The van der Waals surface area contributed by atoms with E-state index in [0.717, 1.165) is 34.0 Å². The van der Waals surface area contributed by atoms with Crippen LogP contribution in [0.25, 0.3) is 0 Å². The Kier molecular flexibility index (Phi) is 4.26. The van der Waals surface area contributed by atoms with Crippen LogP contribution in [-0.4, -0.2) is 28.8 Å². The topological polar surface area (TPSA) is 59.6 Å². The maximum Gasteiger partial charge on any atom is 0.407 e. The Hall–Kier alpha value is -1.82. The Labute approximate surface area is 160 Å². The molecule has 1 atom stereocenters. The van der Waals surface area contributed by atoms with Crippen LogP contribution in [-0.2, 0) is 16.6 Å². The standard InChI is InChI=1S/C20H28N2O3S/c1-11-8-12-9-20(7,10-21-17(23)25-18(2,3)4)24-15(12)13-14(11)22-16(26)19(13,5)6/h8H,9-10H2,1-7H3,(H,21,23)(H,22,26). The molecule has 0 aliphatic carbocycles. The molecule has 1 aromatic carbocycles. The maximum atomic E-state index is 12.0. The van der Waals surface area contributed by atoms with Crippen LogP contribution in [0, 0.1) is 6.92 Å². The predicted octanol–water partition coefficient (Wildman–Crippen LogP) is 4.24. The largest absolute Gasteiger partial charge is 0.485 e. The van der Waals surface area contributed by atoms with Gasteiger partial charge in [0.15, 0.2) is 0 Å². The van der Waals surface area contributed by atoms with Crippen molar-refractivity contribution in [1.29, 1.82) is 0 Å². The number of carbonyl (C=O) groups is 1. The van der Waals surface area contributed by atoms with Crippen LogP contribution >= 0.6 is 12.2 Å². The van der Waals surface area contributed by atoms with E-state index in [2.05, 4.69) is 37.5 Å². The summed E-state index contributed by atoms with van der Waals surface area (Å²) in [6.07, 6.45) is 0.303. The molecule has 0 aromatic heterocycles. The third-order valence-electron chi connectivity index (χ3n) is 4.90. The minimum Gasteiger partial charge on any atom is -0.485 e. The normalized spacial score (nSPS) is 23.0. The number of hydrogen-bond acceptors (Lipinski definition) is 4. The molecule has 0 fully saturated rings. The summed E-state index contributed by atoms with van der Waals surface area (Å²) in [5, 5.41) is 6.19. The Morgan fingerprint density at radius 1 is 1.38 bits per heavy atom. The molecular weight excluding hydrogens is 348 g/mol. The van der Waals surface area contributed by atoms with E-state index in [-0.39, 0.29) is 5.41 Å². The van der Waals surface area contributed by atoms with Gasteiger partial charge in [0.1, 0.15) is 17.0 Å². The molecule has 0 saturated heterocycles. The van der Waals surface area contributed by atoms with Crippen LogP contribution in [0.5, 0.6) is 5.75 Å². The lowest BCUT2D eigenvalue weighted by Gasteiger charge is -2.27. The molecule has 0 saturated carbocycles. The van der Waals surface area contributed by atoms with Crippen LogP contribution in [0.15, 0.2) is 6.07 Å². The first-order valence-corrected chi connectivity index (χ1v) is 9.37. The molecule has 0 spiro atoms. The van der Waals surface area contributed by atoms with Gasteiger partial charge in [0, 0.05) is 23.1 Å². The van der Waals surface area contributed by atoms with Gasteiger partial charge in [-0.1, -0.05) is 18.3 Å². The van der Waals surface area contributed by atoms with Crippen molar-refractivity contribution in [2.24, 2.45) is 0 Å². The van der Waals surface area contributed by atoms with Gasteiger partial charge in [0.2, 0.25) is 0 Å². The van der Waals surface area contributed by atoms with Crippen LogP contribution in [0.1, 0.15) is 58.2 Å². The van der Waals surface area contributed by atoms with Crippen molar-refractivity contribution in [2.45, 2.75) is 71.5 Å². The highest BCUT2D eigenvalue weighted by atomic mass is 32.1. The molecule has 3 rings (SSSR count). The zero-order chi connectivity index (χ0) is 19.5.